The van der Waals surface area contributed by atoms with Crippen LogP contribution in [0.4, 0.5) is 0 Å². The highest BCUT2D eigenvalue weighted by Gasteiger charge is 2.26. The molecule has 1 atom stereocenters. The van der Waals surface area contributed by atoms with Crippen molar-refractivity contribution in [1.82, 2.24) is 10.2 Å². The highest BCUT2D eigenvalue weighted by atomic mass is 32.2. The summed E-state index contributed by atoms with van der Waals surface area (Å²) in [5.41, 5.74) is 0.301. The van der Waals surface area contributed by atoms with Crippen molar-refractivity contribution in [2.24, 2.45) is 0 Å². The predicted molar refractivity (Wildman–Crippen MR) is 71.3 cm³/mol. The first-order chi connectivity index (χ1) is 7.39. The summed E-state index contributed by atoms with van der Waals surface area (Å²) >= 11 is 0. The summed E-state index contributed by atoms with van der Waals surface area (Å²) in [6.45, 7) is 10.1. The molecule has 1 heterocycles. The summed E-state index contributed by atoms with van der Waals surface area (Å²) in [6, 6.07) is 0.627. The van der Waals surface area contributed by atoms with Crippen LogP contribution in [0.15, 0.2) is 0 Å². The minimum atomic E-state index is -0.664. The van der Waals surface area contributed by atoms with Crippen molar-refractivity contribution < 1.29 is 4.21 Å². The quantitative estimate of drug-likeness (QED) is 0.809. The zero-order chi connectivity index (χ0) is 12.2. The van der Waals surface area contributed by atoms with Crippen molar-refractivity contribution in [1.29, 1.82) is 0 Å². The second-order valence-electron chi connectivity index (χ2n) is 5.66. The maximum Gasteiger partial charge on any atom is 0.0357 e. The first kappa shape index (κ1) is 14.1. The van der Waals surface area contributed by atoms with Gasteiger partial charge in [0, 0.05) is 54.0 Å². The van der Waals surface area contributed by atoms with E-state index in [9.17, 15) is 4.21 Å². The molecule has 1 N–H and O–H groups in total. The lowest BCUT2D eigenvalue weighted by Crippen LogP contribution is -2.50. The Kier molecular flexibility index (Phi) is 5.41. The number of rotatable bonds is 4. The standard InChI is InChI=1S/C12H26N2OS/c1-12(2,3)14-8-5-11(6-9-14)13-7-10-16(4)15/h11,13H,5-10H2,1-4H3. The predicted octanol–water partition coefficient (Wildman–Crippen LogP) is 1.22. The lowest BCUT2D eigenvalue weighted by atomic mass is 9.98. The van der Waals surface area contributed by atoms with Gasteiger partial charge in [-0.05, 0) is 33.6 Å². The Labute approximate surface area is 102 Å². The second-order valence-corrected chi connectivity index (χ2v) is 7.22. The summed E-state index contributed by atoms with van der Waals surface area (Å²) < 4.78 is 10.9. The summed E-state index contributed by atoms with van der Waals surface area (Å²) in [7, 11) is -0.664. The van der Waals surface area contributed by atoms with E-state index in [1.807, 2.05) is 0 Å². The normalized spacial score (nSPS) is 22.2. The van der Waals surface area contributed by atoms with Crippen molar-refractivity contribution in [2.75, 3.05) is 31.6 Å². The van der Waals surface area contributed by atoms with E-state index in [0.717, 1.165) is 12.3 Å². The van der Waals surface area contributed by atoms with Crippen LogP contribution in [0.2, 0.25) is 0 Å². The largest absolute Gasteiger partial charge is 0.313 e. The molecule has 0 aromatic carbocycles. The van der Waals surface area contributed by atoms with E-state index in [4.69, 9.17) is 0 Å². The highest BCUT2D eigenvalue weighted by molar-refractivity contribution is 7.84. The van der Waals surface area contributed by atoms with Crippen molar-refractivity contribution >= 4 is 10.8 Å². The lowest BCUT2D eigenvalue weighted by Gasteiger charge is -2.41. The van der Waals surface area contributed by atoms with E-state index in [-0.39, 0.29) is 0 Å². The maximum atomic E-state index is 10.9. The molecule has 16 heavy (non-hydrogen) atoms. The number of hydrogen-bond acceptors (Lipinski definition) is 3. The Bertz CT molecular complexity index is 230. The smallest absolute Gasteiger partial charge is 0.0357 e. The first-order valence-electron chi connectivity index (χ1n) is 6.18. The van der Waals surface area contributed by atoms with E-state index in [0.29, 0.717) is 11.6 Å². The van der Waals surface area contributed by atoms with Gasteiger partial charge >= 0.3 is 0 Å². The molecule has 1 aliphatic rings. The number of hydrogen-bond donors (Lipinski definition) is 1. The molecule has 0 aromatic heterocycles. The van der Waals surface area contributed by atoms with Gasteiger partial charge in [0.15, 0.2) is 0 Å². The topological polar surface area (TPSA) is 32.3 Å². The molecule has 1 saturated heterocycles. The monoisotopic (exact) mass is 246 g/mol. The third-order valence-corrected chi connectivity index (χ3v) is 4.05. The molecule has 1 rings (SSSR count). The van der Waals surface area contributed by atoms with Crippen LogP contribution in [0.1, 0.15) is 33.6 Å². The van der Waals surface area contributed by atoms with Crippen LogP contribution >= 0.6 is 0 Å². The van der Waals surface area contributed by atoms with Crippen molar-refractivity contribution in [2.45, 2.75) is 45.2 Å². The molecule has 0 amide bonds. The van der Waals surface area contributed by atoms with Crippen LogP contribution in [0, 0.1) is 0 Å². The molecule has 0 aliphatic carbocycles. The molecular formula is C12H26N2OS. The fourth-order valence-corrected chi connectivity index (χ4v) is 2.57. The van der Waals surface area contributed by atoms with Gasteiger partial charge in [0.25, 0.3) is 0 Å². The lowest BCUT2D eigenvalue weighted by molar-refractivity contribution is 0.0968. The summed E-state index contributed by atoms with van der Waals surface area (Å²) in [6.07, 6.45) is 4.20. The molecule has 1 aliphatic heterocycles. The number of nitrogens with one attached hydrogen (secondary N) is 1. The first-order valence-corrected chi connectivity index (χ1v) is 7.91. The Hall–Kier alpha value is 0.0700. The van der Waals surface area contributed by atoms with Gasteiger partial charge in [-0.1, -0.05) is 0 Å². The minimum Gasteiger partial charge on any atom is -0.313 e. The summed E-state index contributed by atoms with van der Waals surface area (Å²) in [4.78, 5) is 2.54. The van der Waals surface area contributed by atoms with Gasteiger partial charge in [0.2, 0.25) is 0 Å². The van der Waals surface area contributed by atoms with Crippen LogP contribution < -0.4 is 5.32 Å². The van der Waals surface area contributed by atoms with Crippen LogP contribution in [-0.2, 0) is 10.8 Å². The van der Waals surface area contributed by atoms with E-state index in [1.165, 1.54) is 25.9 Å². The second kappa shape index (κ2) is 6.12. The molecule has 0 radical (unpaired) electrons. The third-order valence-electron chi connectivity index (χ3n) is 3.27. The van der Waals surface area contributed by atoms with Crippen LogP contribution in [0.3, 0.4) is 0 Å². The van der Waals surface area contributed by atoms with E-state index in [2.05, 4.69) is 31.0 Å². The molecule has 1 unspecified atom stereocenters. The fraction of sp³-hybridized carbons (Fsp3) is 1.00. The zero-order valence-corrected chi connectivity index (χ0v) is 11.9. The van der Waals surface area contributed by atoms with Gasteiger partial charge in [-0.15, -0.1) is 0 Å². The Morgan fingerprint density at radius 2 is 1.88 bits per heavy atom. The highest BCUT2D eigenvalue weighted by Crippen LogP contribution is 2.19. The number of likely N-dealkylation sites (tertiary alicyclic amines) is 1. The maximum absolute atomic E-state index is 10.9. The SMILES string of the molecule is CS(=O)CCNC1CCN(C(C)(C)C)CC1. The third kappa shape index (κ3) is 4.93. The van der Waals surface area contributed by atoms with Gasteiger partial charge in [-0.25, -0.2) is 0 Å². The van der Waals surface area contributed by atoms with Crippen molar-refractivity contribution in [3.05, 3.63) is 0 Å². The zero-order valence-electron chi connectivity index (χ0n) is 11.1. The van der Waals surface area contributed by atoms with Crippen LogP contribution in [-0.4, -0.2) is 52.3 Å². The van der Waals surface area contributed by atoms with Gasteiger partial charge in [0.05, 0.1) is 0 Å². The molecule has 4 heteroatoms. The van der Waals surface area contributed by atoms with Gasteiger partial charge in [-0.2, -0.15) is 0 Å². The Balaban J connectivity index is 2.19. The Morgan fingerprint density at radius 3 is 2.31 bits per heavy atom. The number of nitrogens with zero attached hydrogens (tertiary/aromatic N) is 1. The van der Waals surface area contributed by atoms with E-state index in [1.54, 1.807) is 6.26 Å². The van der Waals surface area contributed by atoms with Crippen molar-refractivity contribution in [3.63, 3.8) is 0 Å². The average molecular weight is 246 g/mol. The van der Waals surface area contributed by atoms with E-state index >= 15 is 0 Å². The van der Waals surface area contributed by atoms with Crippen LogP contribution in [0.5, 0.6) is 0 Å². The van der Waals surface area contributed by atoms with Crippen LogP contribution in [0.25, 0.3) is 0 Å². The molecule has 1 fully saturated rings. The Morgan fingerprint density at radius 1 is 1.31 bits per heavy atom. The summed E-state index contributed by atoms with van der Waals surface area (Å²) in [5, 5.41) is 3.51. The molecule has 3 nitrogen and oxygen atoms in total. The molecule has 0 bridgehead atoms. The average Bonchev–Trinajstić information content (AvgIpc) is 2.16. The van der Waals surface area contributed by atoms with Gasteiger partial charge in [-0.3, -0.25) is 9.11 Å². The summed E-state index contributed by atoms with van der Waals surface area (Å²) in [5.74, 6) is 0.777. The molecule has 96 valence electrons. The molecule has 0 saturated carbocycles. The van der Waals surface area contributed by atoms with Gasteiger partial charge in [0.1, 0.15) is 0 Å². The molecular weight excluding hydrogens is 220 g/mol. The number of piperidine rings is 1. The molecule has 0 spiro atoms. The van der Waals surface area contributed by atoms with Gasteiger partial charge < -0.3 is 5.32 Å². The van der Waals surface area contributed by atoms with E-state index < -0.39 is 10.8 Å². The minimum absolute atomic E-state index is 0.301. The van der Waals surface area contributed by atoms with Crippen molar-refractivity contribution in [3.8, 4) is 0 Å². The molecule has 0 aromatic rings. The fourth-order valence-electron chi connectivity index (χ4n) is 2.16.